The summed E-state index contributed by atoms with van der Waals surface area (Å²) in [6.45, 7) is 14.9. The Morgan fingerprint density at radius 2 is 1.33 bits per heavy atom. The van der Waals surface area contributed by atoms with Gasteiger partial charge in [0.2, 0.25) is 11.4 Å². The van der Waals surface area contributed by atoms with Crippen molar-refractivity contribution in [3.63, 3.8) is 0 Å². The van der Waals surface area contributed by atoms with Gasteiger partial charge in [0.1, 0.15) is 0 Å². The van der Waals surface area contributed by atoms with Crippen LogP contribution in [-0.4, -0.2) is 0 Å². The van der Waals surface area contributed by atoms with Crippen LogP contribution in [0.3, 0.4) is 0 Å². The topological polar surface area (TPSA) is 14.1 Å². The zero-order valence-electron chi connectivity index (χ0n) is 14.0. The van der Waals surface area contributed by atoms with Crippen molar-refractivity contribution in [2.45, 2.75) is 0 Å². The van der Waals surface area contributed by atoms with E-state index in [-0.39, 0.29) is 0 Å². The number of nitrogens with one attached hydrogen (secondary N) is 1. The number of hydrogen-bond donors (Lipinski definition) is 0. The van der Waals surface area contributed by atoms with Gasteiger partial charge in [-0.15, -0.1) is 0 Å². The Kier molecular flexibility index (Phi) is 8.95. The molecule has 1 heteroatoms. The molecule has 0 aliphatic heterocycles. The third-order valence-corrected chi connectivity index (χ3v) is 3.03. The van der Waals surface area contributed by atoms with Crippen LogP contribution in [0, 0.1) is 0 Å². The fourth-order valence-electron chi connectivity index (χ4n) is 1.88. The average molecular weight is 314 g/mol. The van der Waals surface area contributed by atoms with Crippen LogP contribution < -0.4 is 4.98 Å². The van der Waals surface area contributed by atoms with Gasteiger partial charge in [0, 0.05) is 24.3 Å². The van der Waals surface area contributed by atoms with E-state index in [1.54, 1.807) is 24.3 Å². The van der Waals surface area contributed by atoms with Gasteiger partial charge in [0.05, 0.1) is 0 Å². The SMILES string of the molecule is C=C\C=C/C(/C=C/c1cccc(/C=C/C(C=C)=C/C=C)[nH+]1)=C\C=C. The zero-order chi connectivity index (χ0) is 17.6. The predicted molar refractivity (Wildman–Crippen MR) is 107 cm³/mol. The molecule has 24 heavy (non-hydrogen) atoms. The first-order valence-corrected chi connectivity index (χ1v) is 7.69. The number of allylic oxidation sites excluding steroid dienone is 12. The van der Waals surface area contributed by atoms with E-state index in [4.69, 9.17) is 0 Å². The lowest BCUT2D eigenvalue weighted by Crippen LogP contribution is -2.10. The van der Waals surface area contributed by atoms with Gasteiger partial charge in [0.15, 0.2) is 0 Å². The molecule has 0 saturated heterocycles. The quantitative estimate of drug-likeness (QED) is 0.521. The minimum Gasteiger partial charge on any atom is -0.205 e. The molecule has 1 nitrogen and oxygen atoms in total. The van der Waals surface area contributed by atoms with Crippen molar-refractivity contribution >= 4 is 12.2 Å². The molecule has 0 fully saturated rings. The summed E-state index contributed by atoms with van der Waals surface area (Å²) in [4.78, 5) is 3.36. The first kappa shape index (κ1) is 18.9. The molecule has 1 rings (SSSR count). The first-order chi connectivity index (χ1) is 11.7. The number of aromatic nitrogens is 1. The minimum absolute atomic E-state index is 1.00. The maximum atomic E-state index is 3.78. The molecule has 0 aromatic carbocycles. The van der Waals surface area contributed by atoms with Gasteiger partial charge in [-0.3, -0.25) is 0 Å². The molecule has 0 atom stereocenters. The van der Waals surface area contributed by atoms with Gasteiger partial charge in [-0.2, -0.15) is 0 Å². The van der Waals surface area contributed by atoms with Crippen LogP contribution in [0.15, 0.2) is 116 Å². The van der Waals surface area contributed by atoms with E-state index in [1.807, 2.05) is 66.8 Å². The van der Waals surface area contributed by atoms with Crippen molar-refractivity contribution in [3.05, 3.63) is 128 Å². The van der Waals surface area contributed by atoms with Crippen LogP contribution in [0.1, 0.15) is 11.4 Å². The maximum absolute atomic E-state index is 3.78. The van der Waals surface area contributed by atoms with Crippen molar-refractivity contribution in [2.24, 2.45) is 0 Å². The van der Waals surface area contributed by atoms with E-state index in [2.05, 4.69) is 31.3 Å². The van der Waals surface area contributed by atoms with Crippen molar-refractivity contribution in [2.75, 3.05) is 0 Å². The highest BCUT2D eigenvalue weighted by Crippen LogP contribution is 2.06. The summed E-state index contributed by atoms with van der Waals surface area (Å²) in [5, 5.41) is 0. The molecule has 0 aliphatic rings. The lowest BCUT2D eigenvalue weighted by atomic mass is 10.1. The third kappa shape index (κ3) is 7.19. The normalized spacial score (nSPS) is 12.8. The molecule has 0 bridgehead atoms. The maximum Gasteiger partial charge on any atom is 0.203 e. The summed E-state index contributed by atoms with van der Waals surface area (Å²) in [7, 11) is 0. The highest BCUT2D eigenvalue weighted by Gasteiger charge is 1.99. The minimum atomic E-state index is 1.00. The predicted octanol–water partition coefficient (Wildman–Crippen LogP) is 5.68. The molecule has 1 heterocycles. The van der Waals surface area contributed by atoms with Crippen LogP contribution in [0.5, 0.6) is 0 Å². The second-order valence-electron chi connectivity index (χ2n) is 4.83. The highest BCUT2D eigenvalue weighted by molar-refractivity contribution is 5.53. The number of aromatic amines is 1. The lowest BCUT2D eigenvalue weighted by molar-refractivity contribution is -0.383. The smallest absolute Gasteiger partial charge is 0.203 e. The second kappa shape index (κ2) is 11.4. The Bertz CT molecular complexity index is 737. The second-order valence-corrected chi connectivity index (χ2v) is 4.83. The molecule has 1 aromatic heterocycles. The molecule has 0 aliphatic carbocycles. The molecule has 120 valence electrons. The van der Waals surface area contributed by atoms with Crippen molar-refractivity contribution in [1.82, 2.24) is 0 Å². The molecular weight excluding hydrogens is 290 g/mol. The Hall–Kier alpha value is -3.19. The van der Waals surface area contributed by atoms with Gasteiger partial charge < -0.3 is 0 Å². The van der Waals surface area contributed by atoms with Crippen LogP contribution in [0.2, 0.25) is 0 Å². The number of hydrogen-bond acceptors (Lipinski definition) is 0. The summed E-state index contributed by atoms with van der Waals surface area (Å²) in [5.74, 6) is 0. The van der Waals surface area contributed by atoms with Crippen molar-refractivity contribution in [1.29, 1.82) is 0 Å². The van der Waals surface area contributed by atoms with Crippen LogP contribution in [-0.2, 0) is 0 Å². The molecule has 1 N–H and O–H groups in total. The summed E-state index contributed by atoms with van der Waals surface area (Å²) >= 11 is 0. The zero-order valence-corrected chi connectivity index (χ0v) is 14.0. The molecule has 1 aromatic rings. The monoisotopic (exact) mass is 314 g/mol. The highest BCUT2D eigenvalue weighted by atomic mass is 14.7. The average Bonchev–Trinajstić information content (AvgIpc) is 2.61. The van der Waals surface area contributed by atoms with Gasteiger partial charge in [-0.25, -0.2) is 4.98 Å². The standard InChI is InChI=1S/C23H23N/c1-5-9-13-21(12-7-3)17-19-23-15-10-14-22(24-23)18-16-20(8-4)11-6-2/h5-19H,1-4H2/p+1/b13-9-,18-16+,19-17+,20-11+,21-12+. The Morgan fingerprint density at radius 3 is 1.88 bits per heavy atom. The third-order valence-electron chi connectivity index (χ3n) is 3.03. The molecule has 0 radical (unpaired) electrons. The van der Waals surface area contributed by atoms with Gasteiger partial charge in [-0.05, 0) is 29.4 Å². The van der Waals surface area contributed by atoms with Gasteiger partial charge >= 0.3 is 0 Å². The Morgan fingerprint density at radius 1 is 0.750 bits per heavy atom. The Labute approximate surface area is 145 Å². The van der Waals surface area contributed by atoms with E-state index in [9.17, 15) is 0 Å². The molecule has 0 saturated carbocycles. The van der Waals surface area contributed by atoms with Crippen LogP contribution in [0.25, 0.3) is 12.2 Å². The molecule has 0 amide bonds. The first-order valence-electron chi connectivity index (χ1n) is 7.69. The fraction of sp³-hybridized carbons (Fsp3) is 0. The van der Waals surface area contributed by atoms with E-state index >= 15 is 0 Å². The summed E-state index contributed by atoms with van der Waals surface area (Å²) in [6.07, 6.45) is 22.8. The van der Waals surface area contributed by atoms with E-state index < -0.39 is 0 Å². The lowest BCUT2D eigenvalue weighted by Gasteiger charge is -1.93. The molecular formula is C23H24N+. The summed E-state index contributed by atoms with van der Waals surface area (Å²) in [6, 6.07) is 6.04. The summed E-state index contributed by atoms with van der Waals surface area (Å²) < 4.78 is 0. The van der Waals surface area contributed by atoms with E-state index in [1.165, 1.54) is 0 Å². The summed E-state index contributed by atoms with van der Waals surface area (Å²) in [5.41, 5.74) is 4.06. The number of rotatable bonds is 9. The molecule has 0 spiro atoms. The Balaban J connectivity index is 2.97. The van der Waals surface area contributed by atoms with Crippen LogP contribution >= 0.6 is 0 Å². The van der Waals surface area contributed by atoms with Crippen LogP contribution in [0.4, 0.5) is 0 Å². The largest absolute Gasteiger partial charge is 0.205 e. The van der Waals surface area contributed by atoms with Gasteiger partial charge in [0.25, 0.3) is 0 Å². The molecule has 0 unspecified atom stereocenters. The number of pyridine rings is 1. The number of H-pyrrole nitrogens is 1. The van der Waals surface area contributed by atoms with Crippen molar-refractivity contribution < 1.29 is 4.98 Å². The fourth-order valence-corrected chi connectivity index (χ4v) is 1.88. The van der Waals surface area contributed by atoms with Crippen molar-refractivity contribution in [3.8, 4) is 0 Å². The van der Waals surface area contributed by atoms with E-state index in [0.29, 0.717) is 0 Å². The van der Waals surface area contributed by atoms with E-state index in [0.717, 1.165) is 22.5 Å². The van der Waals surface area contributed by atoms with Gasteiger partial charge in [-0.1, -0.05) is 74.9 Å².